The SMILES string of the molecule is C[C@H]1C2=C(C=C[C@@H]1CCC#N)N=c1c3c(c4c(c12)C=NC=4)C1=CC(=O)CCC1=N3. The zero-order valence-corrected chi connectivity index (χ0v) is 16.1. The lowest BCUT2D eigenvalue weighted by atomic mass is 9.76. The number of allylic oxidation sites excluding steroid dienone is 5. The number of nitrogens with zero attached hydrogens (tertiary/aromatic N) is 4. The Labute approximate surface area is 167 Å². The quantitative estimate of drug-likeness (QED) is 0.792. The molecule has 0 saturated heterocycles. The second-order valence-electron chi connectivity index (χ2n) is 8.18. The van der Waals surface area contributed by atoms with Gasteiger partial charge >= 0.3 is 0 Å². The van der Waals surface area contributed by atoms with Gasteiger partial charge in [-0.3, -0.25) is 9.79 Å². The molecule has 1 aromatic carbocycles. The topological polar surface area (TPSA) is 77.9 Å². The third-order valence-electron chi connectivity index (χ3n) is 6.64. The van der Waals surface area contributed by atoms with E-state index in [-0.39, 0.29) is 11.7 Å². The van der Waals surface area contributed by atoms with Crippen LogP contribution in [0.3, 0.4) is 0 Å². The zero-order chi connectivity index (χ0) is 19.7. The Morgan fingerprint density at radius 1 is 1.24 bits per heavy atom. The van der Waals surface area contributed by atoms with Gasteiger partial charge in [0.05, 0.1) is 22.8 Å². The van der Waals surface area contributed by atoms with Gasteiger partial charge in [-0.2, -0.15) is 5.26 Å². The molecule has 2 aliphatic carbocycles. The molecule has 0 N–H and O–H groups in total. The van der Waals surface area contributed by atoms with Crippen molar-refractivity contribution in [3.8, 4) is 6.07 Å². The summed E-state index contributed by atoms with van der Waals surface area (Å²) in [6.07, 6.45) is 12.5. The molecule has 5 aliphatic rings. The third-order valence-corrected chi connectivity index (χ3v) is 6.64. The van der Waals surface area contributed by atoms with Gasteiger partial charge in [0.15, 0.2) is 5.78 Å². The smallest absolute Gasteiger partial charge is 0.156 e. The Bertz CT molecular complexity index is 1340. The molecule has 6 rings (SSSR count). The summed E-state index contributed by atoms with van der Waals surface area (Å²) in [7, 11) is 0. The van der Waals surface area contributed by atoms with Gasteiger partial charge in [0, 0.05) is 58.4 Å². The maximum Gasteiger partial charge on any atom is 0.156 e. The highest BCUT2D eigenvalue weighted by Crippen LogP contribution is 2.44. The van der Waals surface area contributed by atoms with Crippen molar-refractivity contribution in [3.63, 3.8) is 0 Å². The molecule has 5 nitrogen and oxygen atoms in total. The maximum atomic E-state index is 12.1. The van der Waals surface area contributed by atoms with Crippen LogP contribution in [0.15, 0.2) is 38.9 Å². The fourth-order valence-electron chi connectivity index (χ4n) is 5.21. The van der Waals surface area contributed by atoms with Gasteiger partial charge < -0.3 is 0 Å². The average molecular weight is 378 g/mol. The standard InChI is InChI=1S/C24H18N4O/c1-12-13(3-2-8-25)4-6-19-20(12)22-17-11-26-10-16(17)21-15-9-14(29)5-7-18(15)27-23(21)24(22)28-19/h4,6,9-13H,2-3,5,7H2,1H3/t12-,13+/m1/s1. The monoisotopic (exact) mass is 378 g/mol. The largest absolute Gasteiger partial charge is 0.295 e. The molecule has 0 fully saturated rings. The minimum atomic E-state index is 0.159. The van der Waals surface area contributed by atoms with Gasteiger partial charge in [0.25, 0.3) is 0 Å². The van der Waals surface area contributed by atoms with Crippen LogP contribution < -0.4 is 10.6 Å². The predicted molar refractivity (Wildman–Crippen MR) is 112 cm³/mol. The van der Waals surface area contributed by atoms with Crippen LogP contribution >= 0.6 is 0 Å². The molecule has 0 spiro atoms. The van der Waals surface area contributed by atoms with E-state index in [1.54, 1.807) is 6.08 Å². The van der Waals surface area contributed by atoms with E-state index in [1.807, 2.05) is 12.4 Å². The fourth-order valence-corrected chi connectivity index (χ4v) is 5.21. The summed E-state index contributed by atoms with van der Waals surface area (Å²) in [5, 5.41) is 11.0. The summed E-state index contributed by atoms with van der Waals surface area (Å²) >= 11 is 0. The first-order valence-corrected chi connectivity index (χ1v) is 10.1. The molecule has 29 heavy (non-hydrogen) atoms. The van der Waals surface area contributed by atoms with Gasteiger partial charge in [-0.25, -0.2) is 9.98 Å². The van der Waals surface area contributed by atoms with E-state index in [4.69, 9.17) is 15.2 Å². The van der Waals surface area contributed by atoms with Crippen LogP contribution in [0.2, 0.25) is 0 Å². The molecule has 0 aromatic heterocycles. The van der Waals surface area contributed by atoms with Crippen molar-refractivity contribution in [2.75, 3.05) is 0 Å². The van der Waals surface area contributed by atoms with Gasteiger partial charge in [0.1, 0.15) is 0 Å². The second-order valence-corrected chi connectivity index (χ2v) is 8.18. The zero-order valence-electron chi connectivity index (χ0n) is 16.1. The Morgan fingerprint density at radius 3 is 3.00 bits per heavy atom. The fraction of sp³-hybridized carbons (Fsp3) is 0.292. The van der Waals surface area contributed by atoms with Crippen molar-refractivity contribution in [2.24, 2.45) is 26.8 Å². The number of nitriles is 1. The van der Waals surface area contributed by atoms with Crippen molar-refractivity contribution >= 4 is 40.7 Å². The van der Waals surface area contributed by atoms with Crippen LogP contribution in [0.25, 0.3) is 17.3 Å². The minimum Gasteiger partial charge on any atom is -0.295 e. The molecule has 0 bridgehead atoms. The van der Waals surface area contributed by atoms with E-state index in [2.05, 4.69) is 30.1 Å². The highest BCUT2D eigenvalue weighted by Gasteiger charge is 2.36. The number of carbonyl (C=O) groups is 1. The summed E-state index contributed by atoms with van der Waals surface area (Å²) in [6, 6.07) is 2.27. The van der Waals surface area contributed by atoms with Crippen LogP contribution in [0.4, 0.5) is 5.69 Å². The lowest BCUT2D eigenvalue weighted by Crippen LogP contribution is -2.25. The summed E-state index contributed by atoms with van der Waals surface area (Å²) in [5.74, 6) is 0.767. The first-order valence-electron chi connectivity index (χ1n) is 10.1. The van der Waals surface area contributed by atoms with E-state index in [0.29, 0.717) is 25.2 Å². The van der Waals surface area contributed by atoms with E-state index >= 15 is 0 Å². The molecule has 1 aromatic rings. The number of fused-ring (bicyclic) bond motifs is 9. The minimum absolute atomic E-state index is 0.159. The molecular weight excluding hydrogens is 360 g/mol. The van der Waals surface area contributed by atoms with Crippen molar-refractivity contribution < 1.29 is 4.79 Å². The first kappa shape index (κ1) is 16.6. The summed E-state index contributed by atoms with van der Waals surface area (Å²) in [4.78, 5) is 26.5. The van der Waals surface area contributed by atoms with Gasteiger partial charge in [-0.05, 0) is 42.4 Å². The highest BCUT2D eigenvalue weighted by molar-refractivity contribution is 6.34. The van der Waals surface area contributed by atoms with Crippen LogP contribution in [0.5, 0.6) is 0 Å². The van der Waals surface area contributed by atoms with Crippen LogP contribution in [-0.4, -0.2) is 17.7 Å². The molecule has 2 atom stereocenters. The summed E-state index contributed by atoms with van der Waals surface area (Å²) < 4.78 is 0. The predicted octanol–water partition coefficient (Wildman–Crippen LogP) is 3.16. The van der Waals surface area contributed by atoms with E-state index in [0.717, 1.165) is 56.4 Å². The molecule has 3 heterocycles. The number of benzene rings is 1. The number of rotatable bonds is 2. The first-order chi connectivity index (χ1) is 14.2. The van der Waals surface area contributed by atoms with E-state index in [9.17, 15) is 4.79 Å². The number of hydrogen-bond donors (Lipinski definition) is 0. The molecule has 0 radical (unpaired) electrons. The molecule has 5 heteroatoms. The number of ketones is 1. The maximum absolute atomic E-state index is 12.1. The molecular formula is C24H18N4O. The average Bonchev–Trinajstić information content (AvgIpc) is 3.41. The lowest BCUT2D eigenvalue weighted by molar-refractivity contribution is -0.114. The molecule has 140 valence electrons. The van der Waals surface area contributed by atoms with Crippen LogP contribution in [0.1, 0.15) is 49.3 Å². The number of aliphatic imine (C=N–C) groups is 2. The summed E-state index contributed by atoms with van der Waals surface area (Å²) in [5.41, 5.74) is 8.31. The highest BCUT2D eigenvalue weighted by atomic mass is 16.1. The number of carbonyl (C=O) groups excluding carboxylic acids is 1. The van der Waals surface area contributed by atoms with Crippen molar-refractivity contribution in [1.29, 1.82) is 5.26 Å². The van der Waals surface area contributed by atoms with Crippen LogP contribution in [0, 0.1) is 23.2 Å². The molecule has 0 saturated carbocycles. The van der Waals surface area contributed by atoms with Crippen molar-refractivity contribution in [1.82, 2.24) is 0 Å². The van der Waals surface area contributed by atoms with E-state index in [1.165, 1.54) is 5.57 Å². The van der Waals surface area contributed by atoms with Gasteiger partial charge in [0.2, 0.25) is 0 Å². The summed E-state index contributed by atoms with van der Waals surface area (Å²) in [6.45, 7) is 2.23. The van der Waals surface area contributed by atoms with Crippen LogP contribution in [-0.2, 0) is 4.79 Å². The van der Waals surface area contributed by atoms with E-state index < -0.39 is 0 Å². The Morgan fingerprint density at radius 2 is 2.14 bits per heavy atom. The molecule has 0 unspecified atom stereocenters. The lowest BCUT2D eigenvalue weighted by Gasteiger charge is -2.26. The van der Waals surface area contributed by atoms with Crippen molar-refractivity contribution in [2.45, 2.75) is 32.6 Å². The Kier molecular flexibility index (Phi) is 3.31. The Balaban J connectivity index is 1.59. The van der Waals surface area contributed by atoms with Gasteiger partial charge in [-0.1, -0.05) is 13.0 Å². The second kappa shape index (κ2) is 5.81. The van der Waals surface area contributed by atoms with Gasteiger partial charge in [-0.15, -0.1) is 0 Å². The molecule has 0 amide bonds. The normalized spacial score (nSPS) is 24.6. The number of hydrogen-bond acceptors (Lipinski definition) is 5. The molecule has 3 aliphatic heterocycles. The third kappa shape index (κ3) is 2.14. The van der Waals surface area contributed by atoms with Crippen molar-refractivity contribution in [3.05, 3.63) is 51.2 Å². The Hall–Kier alpha value is -3.39.